The van der Waals surface area contributed by atoms with Crippen molar-refractivity contribution in [1.29, 1.82) is 0 Å². The van der Waals surface area contributed by atoms with Crippen LogP contribution in [0.1, 0.15) is 19.8 Å². The van der Waals surface area contributed by atoms with E-state index < -0.39 is 6.69 Å². The van der Waals surface area contributed by atoms with E-state index in [2.05, 4.69) is 19.1 Å². The number of halogens is 2. The number of hydrogen-bond acceptors (Lipinski definition) is 0. The second-order valence-corrected chi connectivity index (χ2v) is 11.6. The Hall–Kier alpha value is 0.537. The van der Waals surface area contributed by atoms with Crippen molar-refractivity contribution in [3.8, 4) is 0 Å². The summed E-state index contributed by atoms with van der Waals surface area (Å²) >= 11 is 12.8. The third kappa shape index (κ3) is 1.36. The molecule has 68 valence electrons. The van der Waals surface area contributed by atoms with Gasteiger partial charge in [-0.25, -0.2) is 0 Å². The summed E-state index contributed by atoms with van der Waals surface area (Å²) in [6.07, 6.45) is 7.25. The van der Waals surface area contributed by atoms with Crippen LogP contribution in [-0.2, 0) is 0 Å². The third-order valence-electron chi connectivity index (χ3n) is 3.29. The molecule has 2 aliphatic carbocycles. The lowest BCUT2D eigenvalue weighted by Crippen LogP contribution is -2.28. The van der Waals surface area contributed by atoms with E-state index in [4.69, 9.17) is 22.2 Å². The maximum atomic E-state index is 6.39. The number of rotatable bonds is 2. The van der Waals surface area contributed by atoms with Crippen LogP contribution in [0.2, 0.25) is 11.6 Å². The van der Waals surface area contributed by atoms with Crippen molar-refractivity contribution in [2.24, 2.45) is 11.8 Å². The minimum absolute atomic E-state index is 0.640. The van der Waals surface area contributed by atoms with E-state index in [-0.39, 0.29) is 0 Å². The highest BCUT2D eigenvalue weighted by Gasteiger charge is 2.47. The molecule has 3 atom stereocenters. The van der Waals surface area contributed by atoms with Crippen LogP contribution in [0, 0.1) is 11.8 Å². The van der Waals surface area contributed by atoms with Gasteiger partial charge >= 0.3 is 0 Å². The highest BCUT2D eigenvalue weighted by molar-refractivity contribution is 7.46. The molecule has 0 amide bonds. The van der Waals surface area contributed by atoms with Gasteiger partial charge in [0.2, 0.25) is 0 Å². The molecule has 0 N–H and O–H groups in total. The molecule has 2 aliphatic rings. The van der Waals surface area contributed by atoms with Gasteiger partial charge in [0.1, 0.15) is 0 Å². The number of allylic oxidation sites excluding steroid dienone is 2. The summed E-state index contributed by atoms with van der Waals surface area (Å²) < 4.78 is 0. The van der Waals surface area contributed by atoms with E-state index in [1.54, 1.807) is 0 Å². The Bertz CT molecular complexity index is 213. The summed E-state index contributed by atoms with van der Waals surface area (Å²) in [6, 6.07) is 0.998. The first kappa shape index (κ1) is 9.11. The largest absolute Gasteiger partial charge is 0.254 e. The molecule has 0 aromatic rings. The van der Waals surface area contributed by atoms with Crippen molar-refractivity contribution in [2.45, 2.75) is 31.4 Å². The summed E-state index contributed by atoms with van der Waals surface area (Å²) in [5.74, 6) is 1.52. The van der Waals surface area contributed by atoms with Gasteiger partial charge in [0.25, 0.3) is 6.69 Å². The molecule has 2 bridgehead atoms. The van der Waals surface area contributed by atoms with Crippen LogP contribution < -0.4 is 0 Å². The normalized spacial score (nSPS) is 39.4. The van der Waals surface area contributed by atoms with Gasteiger partial charge in [-0.15, -0.1) is 22.2 Å². The van der Waals surface area contributed by atoms with Gasteiger partial charge in [-0.1, -0.05) is 19.1 Å². The van der Waals surface area contributed by atoms with E-state index in [1.165, 1.54) is 12.8 Å². The topological polar surface area (TPSA) is 0 Å². The molecular formula is C9H14Cl2Si. The average Bonchev–Trinajstić information content (AvgIpc) is 2.64. The highest BCUT2D eigenvalue weighted by atomic mass is 35.7. The smallest absolute Gasteiger partial charge is 0.146 e. The van der Waals surface area contributed by atoms with Crippen LogP contribution in [0.5, 0.6) is 0 Å². The Kier molecular flexibility index (Phi) is 2.30. The van der Waals surface area contributed by atoms with Gasteiger partial charge in [-0.05, 0) is 36.3 Å². The van der Waals surface area contributed by atoms with Gasteiger partial charge in [-0.2, -0.15) is 0 Å². The second-order valence-electron chi connectivity index (χ2n) is 4.00. The van der Waals surface area contributed by atoms with Crippen LogP contribution in [0.3, 0.4) is 0 Å². The van der Waals surface area contributed by atoms with Gasteiger partial charge in [0.05, 0.1) is 0 Å². The molecule has 0 saturated heterocycles. The predicted molar refractivity (Wildman–Crippen MR) is 57.0 cm³/mol. The second kappa shape index (κ2) is 3.04. The van der Waals surface area contributed by atoms with Crippen molar-refractivity contribution < 1.29 is 0 Å². The summed E-state index contributed by atoms with van der Waals surface area (Å²) in [6.45, 7) is 0.222. The molecule has 1 saturated carbocycles. The molecule has 0 nitrogen and oxygen atoms in total. The Morgan fingerprint density at radius 2 is 2.08 bits per heavy atom. The van der Waals surface area contributed by atoms with Crippen LogP contribution in [0.4, 0.5) is 0 Å². The van der Waals surface area contributed by atoms with E-state index in [0.29, 0.717) is 5.54 Å². The van der Waals surface area contributed by atoms with Crippen molar-refractivity contribution >= 4 is 28.9 Å². The first-order valence-electron chi connectivity index (χ1n) is 4.69. The summed E-state index contributed by atoms with van der Waals surface area (Å²) in [7, 11) is 0. The molecule has 12 heavy (non-hydrogen) atoms. The monoisotopic (exact) mass is 220 g/mol. The first-order valence-corrected chi connectivity index (χ1v) is 9.00. The fourth-order valence-electron chi connectivity index (χ4n) is 2.53. The zero-order valence-electron chi connectivity index (χ0n) is 7.26. The highest BCUT2D eigenvalue weighted by Crippen LogP contribution is 2.54. The molecule has 0 aliphatic heterocycles. The fraction of sp³-hybridized carbons (Fsp3) is 0.778. The summed E-state index contributed by atoms with van der Waals surface area (Å²) in [5.41, 5.74) is 0.640. The van der Waals surface area contributed by atoms with E-state index in [0.717, 1.165) is 17.9 Å². The van der Waals surface area contributed by atoms with Crippen LogP contribution in [-0.4, -0.2) is 6.69 Å². The Labute approximate surface area is 84.4 Å². The van der Waals surface area contributed by atoms with E-state index in [9.17, 15) is 0 Å². The predicted octanol–water partition coefficient (Wildman–Crippen LogP) is 3.89. The van der Waals surface area contributed by atoms with Crippen LogP contribution in [0.25, 0.3) is 0 Å². The summed E-state index contributed by atoms with van der Waals surface area (Å²) in [5, 5.41) is 0. The van der Waals surface area contributed by atoms with E-state index >= 15 is 0 Å². The minimum Gasteiger partial charge on any atom is -0.146 e. The fourth-order valence-corrected chi connectivity index (χ4v) is 6.08. The molecule has 0 radical (unpaired) electrons. The lowest BCUT2D eigenvalue weighted by molar-refractivity contribution is 0.683. The average molecular weight is 221 g/mol. The molecule has 0 aromatic heterocycles. The summed E-state index contributed by atoms with van der Waals surface area (Å²) in [4.78, 5) is 0. The van der Waals surface area contributed by atoms with E-state index in [1.807, 2.05) is 0 Å². The zero-order valence-corrected chi connectivity index (χ0v) is 9.78. The molecule has 0 heterocycles. The lowest BCUT2D eigenvalue weighted by Gasteiger charge is -2.27. The van der Waals surface area contributed by atoms with Crippen molar-refractivity contribution in [3.63, 3.8) is 0 Å². The van der Waals surface area contributed by atoms with Crippen molar-refractivity contribution in [1.82, 2.24) is 0 Å². The Morgan fingerprint density at radius 1 is 1.33 bits per heavy atom. The molecule has 3 heteroatoms. The minimum atomic E-state index is -1.90. The van der Waals surface area contributed by atoms with Crippen molar-refractivity contribution in [3.05, 3.63) is 12.2 Å². The van der Waals surface area contributed by atoms with Gasteiger partial charge in [0, 0.05) is 0 Å². The SMILES string of the molecule is CC[Si](Cl)(Cl)C1CC2C=CC1C2. The molecule has 0 aromatic carbocycles. The molecule has 0 spiro atoms. The molecular weight excluding hydrogens is 207 g/mol. The number of hydrogen-bond donors (Lipinski definition) is 0. The molecule has 2 rings (SSSR count). The van der Waals surface area contributed by atoms with Gasteiger partial charge in [0.15, 0.2) is 0 Å². The van der Waals surface area contributed by atoms with Gasteiger partial charge < -0.3 is 0 Å². The molecule has 3 unspecified atom stereocenters. The molecule has 1 fully saturated rings. The Morgan fingerprint density at radius 3 is 2.50 bits per heavy atom. The Balaban J connectivity index is 2.12. The van der Waals surface area contributed by atoms with Crippen LogP contribution in [0.15, 0.2) is 12.2 Å². The van der Waals surface area contributed by atoms with Crippen molar-refractivity contribution in [2.75, 3.05) is 0 Å². The first-order chi connectivity index (χ1) is 5.63. The van der Waals surface area contributed by atoms with Crippen LogP contribution >= 0.6 is 22.2 Å². The third-order valence-corrected chi connectivity index (χ3v) is 9.27. The maximum absolute atomic E-state index is 6.39. The quantitative estimate of drug-likeness (QED) is 0.377. The standard InChI is InChI=1S/C9H14Cl2Si/c1-2-12(10,11)9-6-7-3-4-8(9)5-7/h3-4,7-9H,2,5-6H2,1H3. The number of fused-ring (bicyclic) bond motifs is 2. The maximum Gasteiger partial charge on any atom is 0.254 e. The zero-order chi connectivity index (χ0) is 8.77. The lowest BCUT2D eigenvalue weighted by atomic mass is 10.1. The van der Waals surface area contributed by atoms with Gasteiger partial charge in [-0.3, -0.25) is 0 Å².